The van der Waals surface area contributed by atoms with Gasteiger partial charge in [0.05, 0.1) is 17.5 Å². The summed E-state index contributed by atoms with van der Waals surface area (Å²) < 4.78 is 5.14. The van der Waals surface area contributed by atoms with Gasteiger partial charge in [0.1, 0.15) is 11.6 Å². The molecule has 0 spiro atoms. The van der Waals surface area contributed by atoms with E-state index in [0.717, 1.165) is 5.56 Å². The molecule has 0 saturated carbocycles. The minimum atomic E-state index is -0.207. The third kappa shape index (κ3) is 1.82. The van der Waals surface area contributed by atoms with Crippen molar-refractivity contribution >= 4 is 0 Å². The van der Waals surface area contributed by atoms with E-state index in [-0.39, 0.29) is 12.1 Å². The van der Waals surface area contributed by atoms with Crippen molar-refractivity contribution < 1.29 is 4.42 Å². The van der Waals surface area contributed by atoms with Crippen molar-refractivity contribution in [2.75, 3.05) is 0 Å². The van der Waals surface area contributed by atoms with Crippen LogP contribution in [0.15, 0.2) is 27.6 Å². The van der Waals surface area contributed by atoms with Crippen LogP contribution in [0.5, 0.6) is 0 Å². The number of aryl methyl sites for hydroxylation is 1. The summed E-state index contributed by atoms with van der Waals surface area (Å²) in [5.41, 5.74) is 6.58. The van der Waals surface area contributed by atoms with Gasteiger partial charge in [-0.1, -0.05) is 0 Å². The summed E-state index contributed by atoms with van der Waals surface area (Å²) in [6, 6.07) is 3.15. The first-order valence-corrected chi connectivity index (χ1v) is 4.55. The first-order valence-electron chi connectivity index (χ1n) is 4.55. The SMILES string of the molecule is Cc1occc1-c1nc(CN)cc(=O)[nH]1. The zero-order chi connectivity index (χ0) is 10.8. The van der Waals surface area contributed by atoms with E-state index in [1.54, 1.807) is 12.3 Å². The second-order valence-corrected chi connectivity index (χ2v) is 3.18. The predicted molar refractivity (Wildman–Crippen MR) is 55.2 cm³/mol. The lowest BCUT2D eigenvalue weighted by Crippen LogP contribution is -2.12. The summed E-state index contributed by atoms with van der Waals surface area (Å²) >= 11 is 0. The van der Waals surface area contributed by atoms with Crippen LogP contribution < -0.4 is 11.3 Å². The van der Waals surface area contributed by atoms with Gasteiger partial charge in [-0.2, -0.15) is 0 Å². The molecule has 0 amide bonds. The fourth-order valence-corrected chi connectivity index (χ4v) is 1.37. The number of H-pyrrole nitrogens is 1. The average molecular weight is 205 g/mol. The zero-order valence-corrected chi connectivity index (χ0v) is 8.28. The molecule has 2 aromatic heterocycles. The quantitative estimate of drug-likeness (QED) is 0.759. The summed E-state index contributed by atoms with van der Waals surface area (Å²) in [5, 5.41) is 0. The molecular weight excluding hydrogens is 194 g/mol. The topological polar surface area (TPSA) is 84.9 Å². The molecule has 2 rings (SSSR count). The summed E-state index contributed by atoms with van der Waals surface area (Å²) in [7, 11) is 0. The van der Waals surface area contributed by atoms with Crippen LogP contribution in [0.25, 0.3) is 11.4 Å². The van der Waals surface area contributed by atoms with E-state index in [2.05, 4.69) is 9.97 Å². The summed E-state index contributed by atoms with van der Waals surface area (Å²) in [4.78, 5) is 18.2. The number of hydrogen-bond acceptors (Lipinski definition) is 4. The van der Waals surface area contributed by atoms with Crippen molar-refractivity contribution in [2.24, 2.45) is 5.73 Å². The number of nitrogens with zero attached hydrogens (tertiary/aromatic N) is 1. The Morgan fingerprint density at radius 1 is 1.60 bits per heavy atom. The Labute approximate surface area is 86.0 Å². The fourth-order valence-electron chi connectivity index (χ4n) is 1.37. The van der Waals surface area contributed by atoms with E-state index in [1.807, 2.05) is 6.92 Å². The Morgan fingerprint density at radius 3 is 3.00 bits per heavy atom. The highest BCUT2D eigenvalue weighted by Crippen LogP contribution is 2.19. The third-order valence-electron chi connectivity index (χ3n) is 2.12. The number of nitrogens with two attached hydrogens (primary N) is 1. The molecule has 2 heterocycles. The molecule has 15 heavy (non-hydrogen) atoms. The minimum absolute atomic E-state index is 0.207. The van der Waals surface area contributed by atoms with Crippen LogP contribution in [0.4, 0.5) is 0 Å². The number of nitrogens with one attached hydrogen (secondary N) is 1. The Kier molecular flexibility index (Phi) is 2.39. The van der Waals surface area contributed by atoms with Crippen LogP contribution in [0, 0.1) is 6.92 Å². The van der Waals surface area contributed by atoms with E-state index >= 15 is 0 Å². The van der Waals surface area contributed by atoms with Gasteiger partial charge < -0.3 is 15.1 Å². The maximum atomic E-state index is 11.3. The first-order chi connectivity index (χ1) is 7.20. The van der Waals surface area contributed by atoms with Gasteiger partial charge in [-0.3, -0.25) is 4.79 Å². The lowest BCUT2D eigenvalue weighted by atomic mass is 10.2. The Bertz CT molecular complexity index is 527. The zero-order valence-electron chi connectivity index (χ0n) is 8.28. The van der Waals surface area contributed by atoms with Crippen molar-refractivity contribution in [3.05, 3.63) is 40.2 Å². The molecule has 0 atom stereocenters. The molecule has 0 fully saturated rings. The molecule has 0 radical (unpaired) electrons. The summed E-state index contributed by atoms with van der Waals surface area (Å²) in [6.45, 7) is 2.05. The number of furan rings is 1. The van der Waals surface area contributed by atoms with Gasteiger partial charge in [0.25, 0.3) is 5.56 Å². The fraction of sp³-hybridized carbons (Fsp3) is 0.200. The highest BCUT2D eigenvalue weighted by atomic mass is 16.3. The molecule has 2 aromatic rings. The molecule has 5 nitrogen and oxygen atoms in total. The largest absolute Gasteiger partial charge is 0.469 e. The first kappa shape index (κ1) is 9.67. The molecule has 78 valence electrons. The normalized spacial score (nSPS) is 10.5. The number of aromatic nitrogens is 2. The summed E-state index contributed by atoms with van der Waals surface area (Å²) in [5.74, 6) is 1.21. The molecule has 0 aromatic carbocycles. The highest BCUT2D eigenvalue weighted by molar-refractivity contribution is 5.56. The Morgan fingerprint density at radius 2 is 2.40 bits per heavy atom. The van der Waals surface area contributed by atoms with Crippen LogP contribution in [0.3, 0.4) is 0 Å². The van der Waals surface area contributed by atoms with Gasteiger partial charge in [0.2, 0.25) is 0 Å². The van der Waals surface area contributed by atoms with Gasteiger partial charge in [0, 0.05) is 12.6 Å². The number of aromatic amines is 1. The number of rotatable bonds is 2. The van der Waals surface area contributed by atoms with E-state index in [0.29, 0.717) is 17.3 Å². The molecule has 0 aliphatic heterocycles. The van der Waals surface area contributed by atoms with Gasteiger partial charge in [-0.15, -0.1) is 0 Å². The van der Waals surface area contributed by atoms with Crippen molar-refractivity contribution in [1.82, 2.24) is 9.97 Å². The van der Waals surface area contributed by atoms with Crippen LogP contribution in [0.2, 0.25) is 0 Å². The molecule has 0 bridgehead atoms. The highest BCUT2D eigenvalue weighted by Gasteiger charge is 2.08. The molecule has 0 aliphatic carbocycles. The molecular formula is C10H11N3O2. The van der Waals surface area contributed by atoms with Crippen molar-refractivity contribution in [3.8, 4) is 11.4 Å². The van der Waals surface area contributed by atoms with Crippen molar-refractivity contribution in [1.29, 1.82) is 0 Å². The van der Waals surface area contributed by atoms with Gasteiger partial charge in [0.15, 0.2) is 0 Å². The monoisotopic (exact) mass is 205 g/mol. The van der Waals surface area contributed by atoms with Gasteiger partial charge in [-0.25, -0.2) is 4.98 Å². The second-order valence-electron chi connectivity index (χ2n) is 3.18. The van der Waals surface area contributed by atoms with Crippen LogP contribution >= 0.6 is 0 Å². The molecule has 0 unspecified atom stereocenters. The van der Waals surface area contributed by atoms with E-state index in [1.165, 1.54) is 6.07 Å². The van der Waals surface area contributed by atoms with Crippen LogP contribution in [-0.4, -0.2) is 9.97 Å². The van der Waals surface area contributed by atoms with Gasteiger partial charge >= 0.3 is 0 Å². The Balaban J connectivity index is 2.58. The Hall–Kier alpha value is -1.88. The van der Waals surface area contributed by atoms with E-state index < -0.39 is 0 Å². The smallest absolute Gasteiger partial charge is 0.251 e. The predicted octanol–water partition coefficient (Wildman–Crippen LogP) is 0.797. The van der Waals surface area contributed by atoms with Crippen LogP contribution in [-0.2, 0) is 6.54 Å². The summed E-state index contributed by atoms with van der Waals surface area (Å²) in [6.07, 6.45) is 1.56. The number of hydrogen-bond donors (Lipinski definition) is 2. The maximum absolute atomic E-state index is 11.3. The van der Waals surface area contributed by atoms with E-state index in [4.69, 9.17) is 10.2 Å². The van der Waals surface area contributed by atoms with Crippen molar-refractivity contribution in [3.63, 3.8) is 0 Å². The van der Waals surface area contributed by atoms with Crippen LogP contribution in [0.1, 0.15) is 11.5 Å². The van der Waals surface area contributed by atoms with E-state index in [9.17, 15) is 4.79 Å². The molecule has 0 saturated heterocycles. The lowest BCUT2D eigenvalue weighted by molar-refractivity contribution is 0.535. The minimum Gasteiger partial charge on any atom is -0.469 e. The standard InChI is InChI=1S/C10H11N3O2/c1-6-8(2-3-15-6)10-12-7(5-11)4-9(14)13-10/h2-4H,5,11H2,1H3,(H,12,13,14). The molecule has 0 aliphatic rings. The molecule has 5 heteroatoms. The molecule has 3 N–H and O–H groups in total. The average Bonchev–Trinajstić information content (AvgIpc) is 2.63. The van der Waals surface area contributed by atoms with Gasteiger partial charge in [-0.05, 0) is 13.0 Å². The lowest BCUT2D eigenvalue weighted by Gasteiger charge is -2.00. The second kappa shape index (κ2) is 3.70. The third-order valence-corrected chi connectivity index (χ3v) is 2.12. The maximum Gasteiger partial charge on any atom is 0.251 e. The van der Waals surface area contributed by atoms with Crippen molar-refractivity contribution in [2.45, 2.75) is 13.5 Å².